The van der Waals surface area contributed by atoms with Gasteiger partial charge in [-0.3, -0.25) is 4.98 Å². The Kier molecular flexibility index (Phi) is 8.08. The van der Waals surface area contributed by atoms with Crippen molar-refractivity contribution in [2.24, 2.45) is 0 Å². The fourth-order valence-electron chi connectivity index (χ4n) is 5.88. The van der Waals surface area contributed by atoms with Crippen molar-refractivity contribution < 1.29 is 28.9 Å². The quantitative estimate of drug-likeness (QED) is 0.171. The SMILES string of the molecule is [2H]C([2H])(c1ccccc1)c1ccc(-c2[c-]c(-c3cccc4sc(-c5ccccc5O)nc34)cc(-c3c(C)cc(C)cc3C)c2)nc1.[Pt]. The molecular formula is C40H31N2OPtS-. The summed E-state index contributed by atoms with van der Waals surface area (Å²) in [4.78, 5) is 9.79. The fraction of sp³-hybridized carbons (Fsp3) is 0.100. The van der Waals surface area contributed by atoms with Crippen LogP contribution in [0.1, 0.15) is 30.6 Å². The van der Waals surface area contributed by atoms with Gasteiger partial charge in [0, 0.05) is 40.4 Å². The number of pyridine rings is 1. The Bertz CT molecular complexity index is 2210. The second kappa shape index (κ2) is 12.9. The second-order valence-electron chi connectivity index (χ2n) is 11.1. The van der Waals surface area contributed by atoms with Crippen molar-refractivity contribution in [1.82, 2.24) is 9.97 Å². The van der Waals surface area contributed by atoms with Gasteiger partial charge in [0.1, 0.15) is 10.8 Å². The van der Waals surface area contributed by atoms with Gasteiger partial charge in [0.2, 0.25) is 0 Å². The Morgan fingerprint density at radius 2 is 1.47 bits per heavy atom. The number of thiazole rings is 1. The van der Waals surface area contributed by atoms with E-state index in [0.717, 1.165) is 37.5 Å². The molecule has 0 spiro atoms. The number of aromatic nitrogens is 2. The van der Waals surface area contributed by atoms with Gasteiger partial charge in [-0.05, 0) is 73.2 Å². The Hall–Kier alpha value is -4.37. The molecule has 0 aliphatic carbocycles. The first-order valence-electron chi connectivity index (χ1n) is 15.6. The summed E-state index contributed by atoms with van der Waals surface area (Å²) in [5.74, 6) is 0.204. The molecule has 5 heteroatoms. The molecule has 0 saturated heterocycles. The molecule has 0 atom stereocenters. The van der Waals surface area contributed by atoms with Crippen LogP contribution in [0.15, 0.2) is 115 Å². The molecule has 5 aromatic carbocycles. The molecule has 224 valence electrons. The summed E-state index contributed by atoms with van der Waals surface area (Å²) in [6, 6.07) is 38.7. The van der Waals surface area contributed by atoms with Gasteiger partial charge in [-0.2, -0.15) is 0 Å². The standard InChI is InChI=1S/C40H31N2OS.Pt/c1-25-18-26(2)38(27(3)19-25)32-22-30(21-31(23-32)35-17-16-29(24-41-35)20-28-10-5-4-6-11-28)33-13-9-15-37-39(33)42-40(44-37)34-12-7-8-14-36(34)43;/h4-19,22-24,43H,20H2,1-3H3;/q-1;/i20D2;. The Labute approximate surface area is 285 Å². The third kappa shape index (κ3) is 6.27. The summed E-state index contributed by atoms with van der Waals surface area (Å²) < 4.78 is 18.6. The molecule has 0 radical (unpaired) electrons. The molecular weight excluding hydrogens is 752 g/mol. The van der Waals surface area contributed by atoms with Gasteiger partial charge in [0.15, 0.2) is 0 Å². The number of hydrogen-bond acceptors (Lipinski definition) is 4. The van der Waals surface area contributed by atoms with E-state index in [-0.39, 0.29) is 26.8 Å². The van der Waals surface area contributed by atoms with Crippen molar-refractivity contribution in [3.8, 4) is 49.8 Å². The van der Waals surface area contributed by atoms with Gasteiger partial charge in [0.05, 0.1) is 11.1 Å². The molecule has 0 saturated carbocycles. The molecule has 7 aromatic rings. The average Bonchev–Trinajstić information content (AvgIpc) is 3.49. The van der Waals surface area contributed by atoms with Gasteiger partial charge in [-0.15, -0.1) is 35.1 Å². The molecule has 0 fully saturated rings. The van der Waals surface area contributed by atoms with Gasteiger partial charge in [-0.1, -0.05) is 101 Å². The van der Waals surface area contributed by atoms with Crippen LogP contribution in [-0.2, 0) is 27.4 Å². The van der Waals surface area contributed by atoms with E-state index >= 15 is 0 Å². The number of nitrogens with zero attached hydrogens (tertiary/aromatic N) is 2. The third-order valence-electron chi connectivity index (χ3n) is 7.78. The van der Waals surface area contributed by atoms with Crippen LogP contribution >= 0.6 is 11.3 Å². The summed E-state index contributed by atoms with van der Waals surface area (Å²) in [6.07, 6.45) is -0.0462. The number of rotatable bonds is 6. The smallest absolute Gasteiger partial charge is 0.127 e. The third-order valence-corrected chi connectivity index (χ3v) is 8.83. The number of para-hydroxylation sites is 2. The van der Waals surface area contributed by atoms with Crippen LogP contribution in [0.4, 0.5) is 0 Å². The topological polar surface area (TPSA) is 46.0 Å². The molecule has 0 aliphatic heterocycles. The number of benzene rings is 5. The van der Waals surface area contributed by atoms with Gasteiger partial charge >= 0.3 is 0 Å². The molecule has 1 N–H and O–H groups in total. The maximum atomic E-state index is 10.5. The number of phenols is 1. The van der Waals surface area contributed by atoms with E-state index in [1.165, 1.54) is 22.3 Å². The molecule has 2 heterocycles. The molecule has 0 bridgehead atoms. The number of aromatic hydroxyl groups is 1. The first-order chi connectivity index (χ1) is 22.2. The molecule has 0 unspecified atom stereocenters. The predicted octanol–water partition coefficient (Wildman–Crippen LogP) is 10.4. The Balaban J connectivity index is 0.00000386. The molecule has 0 aliphatic rings. The zero-order valence-corrected chi connectivity index (χ0v) is 28.1. The van der Waals surface area contributed by atoms with E-state index in [0.29, 0.717) is 22.4 Å². The number of hydrogen-bond donors (Lipinski definition) is 1. The predicted molar refractivity (Wildman–Crippen MR) is 183 cm³/mol. The Morgan fingerprint density at radius 1 is 0.756 bits per heavy atom. The van der Waals surface area contributed by atoms with Gasteiger partial charge < -0.3 is 5.11 Å². The van der Waals surface area contributed by atoms with Crippen molar-refractivity contribution in [3.05, 3.63) is 149 Å². The van der Waals surface area contributed by atoms with Crippen molar-refractivity contribution >= 4 is 21.6 Å². The zero-order chi connectivity index (χ0) is 32.0. The van der Waals surface area contributed by atoms with E-state index in [4.69, 9.17) is 12.7 Å². The van der Waals surface area contributed by atoms with E-state index in [1.54, 1.807) is 35.7 Å². The van der Waals surface area contributed by atoms with Crippen LogP contribution in [0, 0.1) is 26.8 Å². The number of phenolic OH excluding ortho intramolecular Hbond substituents is 1. The Morgan fingerprint density at radius 3 is 2.20 bits per heavy atom. The van der Waals surface area contributed by atoms with Crippen LogP contribution < -0.4 is 0 Å². The second-order valence-corrected chi connectivity index (χ2v) is 12.1. The van der Waals surface area contributed by atoms with Crippen LogP contribution in [0.2, 0.25) is 0 Å². The van der Waals surface area contributed by atoms with Crippen LogP contribution in [-0.4, -0.2) is 15.1 Å². The van der Waals surface area contributed by atoms with Crippen molar-refractivity contribution in [1.29, 1.82) is 0 Å². The maximum absolute atomic E-state index is 10.5. The van der Waals surface area contributed by atoms with E-state index in [1.807, 2.05) is 54.6 Å². The van der Waals surface area contributed by atoms with Crippen LogP contribution in [0.25, 0.3) is 54.3 Å². The van der Waals surface area contributed by atoms with E-state index in [2.05, 4.69) is 63.2 Å². The summed E-state index contributed by atoms with van der Waals surface area (Å²) >= 11 is 1.55. The first-order valence-corrected chi connectivity index (χ1v) is 15.4. The van der Waals surface area contributed by atoms with Gasteiger partial charge in [-0.25, -0.2) is 4.98 Å². The number of fused-ring (bicyclic) bond motifs is 1. The monoisotopic (exact) mass is 784 g/mol. The minimum atomic E-state index is -1.68. The van der Waals surface area contributed by atoms with Crippen LogP contribution in [0.3, 0.4) is 0 Å². The maximum Gasteiger partial charge on any atom is 0.127 e. The zero-order valence-electron chi connectivity index (χ0n) is 27.0. The molecule has 2 aromatic heterocycles. The molecule has 0 amide bonds. The molecule has 7 rings (SSSR count). The van der Waals surface area contributed by atoms with Crippen LogP contribution in [0.5, 0.6) is 5.75 Å². The molecule has 3 nitrogen and oxygen atoms in total. The summed E-state index contributed by atoms with van der Waals surface area (Å²) in [7, 11) is 0. The number of aryl methyl sites for hydroxylation is 3. The normalized spacial score (nSPS) is 12.0. The van der Waals surface area contributed by atoms with Crippen molar-refractivity contribution in [2.75, 3.05) is 0 Å². The van der Waals surface area contributed by atoms with Crippen molar-refractivity contribution in [3.63, 3.8) is 0 Å². The first kappa shape index (κ1) is 28.1. The minimum Gasteiger partial charge on any atom is -0.507 e. The largest absolute Gasteiger partial charge is 0.507 e. The van der Waals surface area contributed by atoms with E-state index in [9.17, 15) is 5.11 Å². The fourth-order valence-corrected chi connectivity index (χ4v) is 6.91. The van der Waals surface area contributed by atoms with Gasteiger partial charge in [0.25, 0.3) is 0 Å². The summed E-state index contributed by atoms with van der Waals surface area (Å²) in [6.45, 7) is 6.40. The minimum absolute atomic E-state index is 0. The average molecular weight is 785 g/mol. The summed E-state index contributed by atoms with van der Waals surface area (Å²) in [5.41, 5.74) is 11.8. The summed E-state index contributed by atoms with van der Waals surface area (Å²) in [5, 5.41) is 11.3. The van der Waals surface area contributed by atoms with Crippen molar-refractivity contribution in [2.45, 2.75) is 27.1 Å². The molecule has 45 heavy (non-hydrogen) atoms. The van der Waals surface area contributed by atoms with E-state index < -0.39 is 6.37 Å².